The van der Waals surface area contributed by atoms with Gasteiger partial charge in [-0.2, -0.15) is 0 Å². The van der Waals surface area contributed by atoms with Gasteiger partial charge in [-0.15, -0.1) is 0 Å². The zero-order chi connectivity index (χ0) is 28.5. The van der Waals surface area contributed by atoms with Crippen LogP contribution in [0.3, 0.4) is 0 Å². The summed E-state index contributed by atoms with van der Waals surface area (Å²) in [5.41, 5.74) is 5.77. The first-order valence-electron chi connectivity index (χ1n) is 13.6. The van der Waals surface area contributed by atoms with E-state index in [1.54, 1.807) is 12.1 Å². The minimum atomic E-state index is -3.70. The number of hydrogen-bond donors (Lipinski definition) is 0. The van der Waals surface area contributed by atoms with E-state index in [4.69, 9.17) is 0 Å². The van der Waals surface area contributed by atoms with Crippen molar-refractivity contribution in [1.29, 1.82) is 0 Å². The number of para-hydroxylation sites is 4. The van der Waals surface area contributed by atoms with Gasteiger partial charge in [-0.05, 0) is 84.9 Å². The van der Waals surface area contributed by atoms with Crippen LogP contribution in [0, 0.1) is 0 Å². The van der Waals surface area contributed by atoms with Gasteiger partial charge in [0.05, 0.1) is 9.79 Å². The number of benzene rings is 6. The fourth-order valence-electron chi connectivity index (χ4n) is 5.31. The highest BCUT2D eigenvalue weighted by atomic mass is 32.2. The number of fused-ring (bicyclic) bond motifs is 2. The topological polar surface area (TPSA) is 40.6 Å². The Kier molecular flexibility index (Phi) is 6.78. The summed E-state index contributed by atoms with van der Waals surface area (Å²) in [6, 6.07) is 51.7. The summed E-state index contributed by atoms with van der Waals surface area (Å²) < 4.78 is 27.8. The molecule has 6 aromatic carbocycles. The van der Waals surface area contributed by atoms with E-state index in [2.05, 4.69) is 58.3 Å². The molecule has 204 valence electrons. The molecule has 1 aliphatic heterocycles. The van der Waals surface area contributed by atoms with Gasteiger partial charge in [-0.3, -0.25) is 0 Å². The van der Waals surface area contributed by atoms with E-state index in [1.807, 2.05) is 97.1 Å². The molecule has 0 aliphatic carbocycles. The quantitative estimate of drug-likeness (QED) is 0.195. The van der Waals surface area contributed by atoms with Gasteiger partial charge >= 0.3 is 0 Å². The largest absolute Gasteiger partial charge is 0.310 e. The fourth-order valence-corrected chi connectivity index (χ4v) is 8.54. The Morgan fingerprint density at radius 3 is 1.00 bits per heavy atom. The highest BCUT2D eigenvalue weighted by Gasteiger charge is 2.32. The molecule has 6 aromatic rings. The van der Waals surface area contributed by atoms with E-state index in [0.29, 0.717) is 19.6 Å². The van der Waals surface area contributed by atoms with Gasteiger partial charge in [0.25, 0.3) is 0 Å². The summed E-state index contributed by atoms with van der Waals surface area (Å²) in [5.74, 6) is 0. The molecule has 6 heteroatoms. The zero-order valence-electron chi connectivity index (χ0n) is 22.5. The monoisotopic (exact) mass is 582 g/mol. The molecule has 1 heterocycles. The maximum absolute atomic E-state index is 13.9. The van der Waals surface area contributed by atoms with Crippen LogP contribution in [0.5, 0.6) is 0 Å². The average Bonchev–Trinajstić information content (AvgIpc) is 3.03. The van der Waals surface area contributed by atoms with E-state index in [0.717, 1.165) is 34.1 Å². The highest BCUT2D eigenvalue weighted by molar-refractivity contribution is 8.02. The van der Waals surface area contributed by atoms with Crippen LogP contribution in [-0.2, 0) is 9.84 Å². The number of rotatable bonds is 6. The molecule has 4 nitrogen and oxygen atoms in total. The van der Waals surface area contributed by atoms with Gasteiger partial charge in [0.2, 0.25) is 9.84 Å². The molecule has 0 atom stereocenters. The summed E-state index contributed by atoms with van der Waals surface area (Å²) in [5, 5.41) is 0. The minimum Gasteiger partial charge on any atom is -0.310 e. The molecule has 0 radical (unpaired) electrons. The molecule has 0 unspecified atom stereocenters. The van der Waals surface area contributed by atoms with Crippen molar-refractivity contribution in [3.05, 3.63) is 158 Å². The standard InChI is InChI=1S/C36H26N2O2S2/c39-42(40)35-23-21-31(37(27-13-5-1-6-14-27)28-15-7-2-8-16-28)25-33(35)41-34-26-32(22-24-36(34)42)38(29-17-9-3-10-18-29)30-19-11-4-12-20-30/h1-26H. The summed E-state index contributed by atoms with van der Waals surface area (Å²) in [6.07, 6.45) is 0. The summed E-state index contributed by atoms with van der Waals surface area (Å²) in [6.45, 7) is 0. The Hall–Kier alpha value is -4.78. The molecular formula is C36H26N2O2S2. The first-order valence-corrected chi connectivity index (χ1v) is 15.9. The number of hydrogen-bond acceptors (Lipinski definition) is 5. The third-order valence-electron chi connectivity index (χ3n) is 7.23. The van der Waals surface area contributed by atoms with Crippen molar-refractivity contribution in [2.24, 2.45) is 0 Å². The number of sulfone groups is 1. The molecule has 0 N–H and O–H groups in total. The molecule has 1 aliphatic rings. The maximum Gasteiger partial charge on any atom is 0.208 e. The summed E-state index contributed by atoms with van der Waals surface area (Å²) >= 11 is 1.50. The molecule has 0 fully saturated rings. The molecule has 0 spiro atoms. The average molecular weight is 583 g/mol. The van der Waals surface area contributed by atoms with E-state index in [1.165, 1.54) is 11.8 Å². The van der Waals surface area contributed by atoms with E-state index in [-0.39, 0.29) is 0 Å². The Morgan fingerprint density at radius 2 is 0.690 bits per heavy atom. The molecule has 42 heavy (non-hydrogen) atoms. The van der Waals surface area contributed by atoms with Crippen LogP contribution in [0.25, 0.3) is 0 Å². The molecule has 7 rings (SSSR count). The van der Waals surface area contributed by atoms with Crippen LogP contribution in [0.2, 0.25) is 0 Å². The van der Waals surface area contributed by atoms with Gasteiger partial charge in [0.15, 0.2) is 0 Å². The normalized spacial score (nSPS) is 13.0. The molecule has 0 aromatic heterocycles. The smallest absolute Gasteiger partial charge is 0.208 e. The van der Waals surface area contributed by atoms with Crippen LogP contribution >= 0.6 is 11.8 Å². The van der Waals surface area contributed by atoms with Gasteiger partial charge in [-0.25, -0.2) is 8.42 Å². The Balaban J connectivity index is 1.34. The van der Waals surface area contributed by atoms with Gasteiger partial charge in [0.1, 0.15) is 0 Å². The van der Waals surface area contributed by atoms with Crippen molar-refractivity contribution >= 4 is 55.7 Å². The van der Waals surface area contributed by atoms with Gasteiger partial charge in [-0.1, -0.05) is 84.6 Å². The van der Waals surface area contributed by atoms with Crippen molar-refractivity contribution in [3.63, 3.8) is 0 Å². The van der Waals surface area contributed by atoms with Crippen LogP contribution in [-0.4, -0.2) is 8.42 Å². The lowest BCUT2D eigenvalue weighted by atomic mass is 10.2. The van der Waals surface area contributed by atoms with E-state index in [9.17, 15) is 8.42 Å². The van der Waals surface area contributed by atoms with Crippen molar-refractivity contribution in [3.8, 4) is 0 Å². The van der Waals surface area contributed by atoms with Crippen molar-refractivity contribution in [2.75, 3.05) is 9.80 Å². The molecule has 0 bridgehead atoms. The third-order valence-corrected chi connectivity index (χ3v) is 10.5. The minimum absolute atomic E-state index is 0.334. The molecule has 0 amide bonds. The lowest BCUT2D eigenvalue weighted by Crippen LogP contribution is -2.14. The van der Waals surface area contributed by atoms with Crippen molar-refractivity contribution in [2.45, 2.75) is 19.6 Å². The second-order valence-electron chi connectivity index (χ2n) is 9.88. The summed E-state index contributed by atoms with van der Waals surface area (Å²) in [4.78, 5) is 6.37. The van der Waals surface area contributed by atoms with Crippen LogP contribution < -0.4 is 9.80 Å². The Bertz CT molecular complexity index is 1750. The third kappa shape index (κ3) is 4.75. The number of anilines is 6. The van der Waals surface area contributed by atoms with Crippen molar-refractivity contribution < 1.29 is 8.42 Å². The zero-order valence-corrected chi connectivity index (χ0v) is 24.2. The van der Waals surface area contributed by atoms with Crippen molar-refractivity contribution in [1.82, 2.24) is 0 Å². The van der Waals surface area contributed by atoms with Crippen LogP contribution in [0.4, 0.5) is 34.1 Å². The van der Waals surface area contributed by atoms with Gasteiger partial charge in [0, 0.05) is 43.9 Å². The molecule has 0 saturated carbocycles. The Labute approximate surface area is 250 Å². The number of nitrogens with zero attached hydrogens (tertiary/aromatic N) is 2. The first-order chi connectivity index (χ1) is 20.6. The predicted molar refractivity (Wildman–Crippen MR) is 172 cm³/mol. The SMILES string of the molecule is O=S1(=O)c2ccc(N(c3ccccc3)c3ccccc3)cc2Sc2cc(N(c3ccccc3)c3ccccc3)ccc21. The van der Waals surface area contributed by atoms with Crippen LogP contribution in [0.15, 0.2) is 177 Å². The lowest BCUT2D eigenvalue weighted by molar-refractivity contribution is 0.591. The summed E-state index contributed by atoms with van der Waals surface area (Å²) in [7, 11) is -3.70. The molecular weight excluding hydrogens is 557 g/mol. The fraction of sp³-hybridized carbons (Fsp3) is 0. The first kappa shape index (κ1) is 26.1. The predicted octanol–water partition coefficient (Wildman–Crippen LogP) is 9.92. The lowest BCUT2D eigenvalue weighted by Gasteiger charge is -2.29. The second-order valence-corrected chi connectivity index (χ2v) is 12.9. The van der Waals surface area contributed by atoms with E-state index < -0.39 is 9.84 Å². The van der Waals surface area contributed by atoms with Crippen LogP contribution in [0.1, 0.15) is 0 Å². The van der Waals surface area contributed by atoms with Gasteiger partial charge < -0.3 is 9.80 Å². The second kappa shape index (κ2) is 10.9. The highest BCUT2D eigenvalue weighted by Crippen LogP contribution is 2.49. The Morgan fingerprint density at radius 1 is 0.381 bits per heavy atom. The molecule has 0 saturated heterocycles. The maximum atomic E-state index is 13.9. The van der Waals surface area contributed by atoms with E-state index >= 15 is 0 Å².